The average Bonchev–Trinajstić information content (AvgIpc) is 2.98. The van der Waals surface area contributed by atoms with Gasteiger partial charge in [0.25, 0.3) is 5.91 Å². The third-order valence-electron chi connectivity index (χ3n) is 6.41. The molecule has 0 aliphatic carbocycles. The van der Waals surface area contributed by atoms with Crippen molar-refractivity contribution in [3.8, 4) is 5.75 Å². The van der Waals surface area contributed by atoms with Crippen molar-refractivity contribution in [3.63, 3.8) is 0 Å². The number of hydrogen-bond donors (Lipinski definition) is 1. The Morgan fingerprint density at radius 1 is 1.00 bits per heavy atom. The molecule has 1 aliphatic rings. The molecule has 0 aromatic heterocycles. The number of nitrogens with zero attached hydrogens (tertiary/aromatic N) is 2. The molecule has 3 aromatic carbocycles. The molecule has 11 heteroatoms. The highest BCUT2D eigenvalue weighted by molar-refractivity contribution is 7.89. The predicted octanol–water partition coefficient (Wildman–Crippen LogP) is 3.13. The van der Waals surface area contributed by atoms with Gasteiger partial charge >= 0.3 is 0 Å². The van der Waals surface area contributed by atoms with Crippen LogP contribution in [0.3, 0.4) is 0 Å². The maximum atomic E-state index is 13.6. The Balaban J connectivity index is 1.54. The van der Waals surface area contributed by atoms with Crippen LogP contribution in [0.5, 0.6) is 5.75 Å². The monoisotopic (exact) mass is 569 g/mol. The van der Waals surface area contributed by atoms with Crippen molar-refractivity contribution in [2.75, 3.05) is 39.5 Å². The van der Waals surface area contributed by atoms with Crippen molar-refractivity contribution in [1.82, 2.24) is 14.5 Å². The zero-order valence-corrected chi connectivity index (χ0v) is 23.0. The predicted molar refractivity (Wildman–Crippen MR) is 146 cm³/mol. The van der Waals surface area contributed by atoms with Gasteiger partial charge in [0.2, 0.25) is 15.9 Å². The summed E-state index contributed by atoms with van der Waals surface area (Å²) in [5.74, 6) is -0.950. The molecule has 1 heterocycles. The number of ether oxygens (including phenoxy) is 2. The molecular formula is C29H32FN3O6S. The molecule has 40 heavy (non-hydrogen) atoms. The fraction of sp³-hybridized carbons (Fsp3) is 0.310. The summed E-state index contributed by atoms with van der Waals surface area (Å²) in [5, 5.41) is 2.79. The van der Waals surface area contributed by atoms with Crippen molar-refractivity contribution in [1.29, 1.82) is 0 Å². The summed E-state index contributed by atoms with van der Waals surface area (Å²) in [6.07, 6.45) is 0. The van der Waals surface area contributed by atoms with E-state index in [2.05, 4.69) is 5.32 Å². The van der Waals surface area contributed by atoms with Crippen LogP contribution in [-0.4, -0.2) is 68.9 Å². The molecule has 1 aliphatic heterocycles. The molecule has 212 valence electrons. The van der Waals surface area contributed by atoms with Gasteiger partial charge in [-0.2, -0.15) is 4.31 Å². The van der Waals surface area contributed by atoms with Crippen LogP contribution < -0.4 is 10.1 Å². The first-order valence-corrected chi connectivity index (χ1v) is 14.4. The number of morpholine rings is 1. The first-order chi connectivity index (χ1) is 19.3. The Morgan fingerprint density at radius 3 is 2.27 bits per heavy atom. The van der Waals surface area contributed by atoms with Gasteiger partial charge in [-0.15, -0.1) is 0 Å². The van der Waals surface area contributed by atoms with Gasteiger partial charge in [0.1, 0.15) is 17.6 Å². The lowest BCUT2D eigenvalue weighted by Gasteiger charge is -2.31. The lowest BCUT2D eigenvalue weighted by atomic mass is 10.0. The number of benzene rings is 3. The van der Waals surface area contributed by atoms with Crippen molar-refractivity contribution in [2.45, 2.75) is 24.4 Å². The zero-order valence-electron chi connectivity index (χ0n) is 22.2. The topological polar surface area (TPSA) is 105 Å². The molecule has 1 fully saturated rings. The number of likely N-dealkylation sites (N-methyl/N-ethyl adjacent to an activating group) is 1. The van der Waals surface area contributed by atoms with Gasteiger partial charge in [0.15, 0.2) is 6.61 Å². The third-order valence-corrected chi connectivity index (χ3v) is 8.32. The molecular weight excluding hydrogens is 537 g/mol. The lowest BCUT2D eigenvalue weighted by molar-refractivity contribution is -0.143. The number of rotatable bonds is 11. The van der Waals surface area contributed by atoms with E-state index in [9.17, 15) is 22.4 Å². The molecule has 0 saturated carbocycles. The molecule has 0 spiro atoms. The Hall–Kier alpha value is -3.80. The number of amides is 2. The molecule has 0 radical (unpaired) electrons. The Bertz CT molecular complexity index is 1380. The van der Waals surface area contributed by atoms with Crippen LogP contribution in [0.2, 0.25) is 0 Å². The van der Waals surface area contributed by atoms with Crippen LogP contribution in [0.1, 0.15) is 24.1 Å². The van der Waals surface area contributed by atoms with Crippen LogP contribution in [-0.2, 0) is 30.9 Å². The third kappa shape index (κ3) is 7.23. The number of carbonyl (C=O) groups excluding carboxylic acids is 2. The second-order valence-electron chi connectivity index (χ2n) is 9.13. The van der Waals surface area contributed by atoms with E-state index in [1.165, 1.54) is 45.6 Å². The summed E-state index contributed by atoms with van der Waals surface area (Å²) < 4.78 is 51.6. The van der Waals surface area contributed by atoms with Gasteiger partial charge in [-0.3, -0.25) is 9.59 Å². The van der Waals surface area contributed by atoms with Crippen LogP contribution in [0.15, 0.2) is 83.8 Å². The van der Waals surface area contributed by atoms with E-state index in [4.69, 9.17) is 9.47 Å². The first kappa shape index (κ1) is 29.2. The molecule has 1 saturated heterocycles. The Labute approximate surface area is 233 Å². The Morgan fingerprint density at radius 2 is 1.65 bits per heavy atom. The van der Waals surface area contributed by atoms with Crippen LogP contribution in [0.25, 0.3) is 0 Å². The highest BCUT2D eigenvalue weighted by atomic mass is 32.2. The summed E-state index contributed by atoms with van der Waals surface area (Å²) in [4.78, 5) is 28.3. The largest absolute Gasteiger partial charge is 0.484 e. The molecule has 3 aromatic rings. The minimum atomic E-state index is -3.67. The van der Waals surface area contributed by atoms with Crippen LogP contribution >= 0.6 is 0 Å². The van der Waals surface area contributed by atoms with Gasteiger partial charge in [-0.05, 0) is 54.4 Å². The standard InChI is InChI=1S/C29H32FN3O6S/c1-2-31-29(35)28(23-6-4-3-5-7-23)33(20-22-8-10-24(30)11-9-22)27(34)21-39-25-12-14-26(15-13-25)40(36,37)32-16-18-38-19-17-32/h3-15,28H,2,16-21H2,1H3,(H,31,35)/t28-/m0/s1. The lowest BCUT2D eigenvalue weighted by Crippen LogP contribution is -2.45. The van der Waals surface area contributed by atoms with Gasteiger partial charge in [-0.25, -0.2) is 12.8 Å². The highest BCUT2D eigenvalue weighted by Gasteiger charge is 2.32. The minimum Gasteiger partial charge on any atom is -0.484 e. The minimum absolute atomic E-state index is 0.0376. The maximum absolute atomic E-state index is 13.6. The first-order valence-electron chi connectivity index (χ1n) is 13.0. The van der Waals surface area contributed by atoms with E-state index in [-0.39, 0.29) is 30.4 Å². The summed E-state index contributed by atoms with van der Waals surface area (Å²) in [6.45, 7) is 3.05. The summed E-state index contributed by atoms with van der Waals surface area (Å²) in [5.41, 5.74) is 1.25. The smallest absolute Gasteiger partial charge is 0.261 e. The quantitative estimate of drug-likeness (QED) is 0.381. The number of nitrogens with one attached hydrogen (secondary N) is 1. The maximum Gasteiger partial charge on any atom is 0.261 e. The molecule has 9 nitrogen and oxygen atoms in total. The van der Waals surface area contributed by atoms with E-state index < -0.39 is 34.4 Å². The molecule has 0 bridgehead atoms. The normalized spacial score (nSPS) is 14.8. The average molecular weight is 570 g/mol. The van der Waals surface area contributed by atoms with Gasteiger partial charge in [-0.1, -0.05) is 42.5 Å². The zero-order chi connectivity index (χ0) is 28.5. The molecule has 2 amide bonds. The Kier molecular flexibility index (Phi) is 9.86. The number of halogens is 1. The SMILES string of the molecule is CCNC(=O)[C@H](c1ccccc1)N(Cc1ccc(F)cc1)C(=O)COc1ccc(S(=O)(=O)N2CCOCC2)cc1. The van der Waals surface area contributed by atoms with Crippen molar-refractivity contribution >= 4 is 21.8 Å². The van der Waals surface area contributed by atoms with Gasteiger partial charge in [0, 0.05) is 26.2 Å². The summed E-state index contributed by atoms with van der Waals surface area (Å²) >= 11 is 0. The highest BCUT2D eigenvalue weighted by Crippen LogP contribution is 2.25. The molecule has 4 rings (SSSR count). The van der Waals surface area contributed by atoms with Crippen LogP contribution in [0, 0.1) is 5.82 Å². The van der Waals surface area contributed by atoms with Gasteiger partial charge < -0.3 is 19.7 Å². The van der Waals surface area contributed by atoms with E-state index in [1.54, 1.807) is 43.3 Å². The van der Waals surface area contributed by atoms with Crippen molar-refractivity contribution < 1.29 is 31.9 Å². The fourth-order valence-electron chi connectivity index (χ4n) is 4.36. The van der Waals surface area contributed by atoms with Crippen LogP contribution in [0.4, 0.5) is 4.39 Å². The van der Waals surface area contributed by atoms with Crippen molar-refractivity contribution in [3.05, 3.63) is 95.8 Å². The molecule has 1 atom stereocenters. The fourth-order valence-corrected chi connectivity index (χ4v) is 5.77. The summed E-state index contributed by atoms with van der Waals surface area (Å²) in [7, 11) is -3.67. The van der Waals surface area contributed by atoms with E-state index in [1.807, 2.05) is 6.07 Å². The van der Waals surface area contributed by atoms with E-state index in [0.29, 0.717) is 36.6 Å². The van der Waals surface area contributed by atoms with Gasteiger partial charge in [0.05, 0.1) is 18.1 Å². The van der Waals surface area contributed by atoms with Crippen molar-refractivity contribution in [2.24, 2.45) is 0 Å². The number of carbonyl (C=O) groups is 2. The second-order valence-corrected chi connectivity index (χ2v) is 11.1. The molecule has 0 unspecified atom stereocenters. The molecule has 1 N–H and O–H groups in total. The van der Waals surface area contributed by atoms with E-state index >= 15 is 0 Å². The van der Waals surface area contributed by atoms with E-state index in [0.717, 1.165) is 0 Å². The second kappa shape index (κ2) is 13.5. The number of sulfonamides is 1. The number of hydrogen-bond acceptors (Lipinski definition) is 6. The summed E-state index contributed by atoms with van der Waals surface area (Å²) in [6, 6.07) is 19.5.